The number of amides is 1. The number of hydrogen-bond donors (Lipinski definition) is 0. The van der Waals surface area contributed by atoms with Gasteiger partial charge in [0.05, 0.1) is 36.8 Å². The minimum Gasteiger partial charge on any atom is -0.379 e. The predicted molar refractivity (Wildman–Crippen MR) is 95.9 cm³/mol. The highest BCUT2D eigenvalue weighted by atomic mass is 16.5. The number of aryl methyl sites for hydroxylation is 4. The molecule has 1 aliphatic rings. The number of aromatic nitrogens is 3. The summed E-state index contributed by atoms with van der Waals surface area (Å²) in [7, 11) is 1.91. The third kappa shape index (κ3) is 4.13. The average molecular weight is 361 g/mol. The van der Waals surface area contributed by atoms with Crippen molar-refractivity contribution in [2.24, 2.45) is 7.05 Å². The number of carbonyl (C=O) groups is 1. The number of rotatable bonds is 6. The maximum absolute atomic E-state index is 13.2. The zero-order valence-corrected chi connectivity index (χ0v) is 16.0. The lowest BCUT2D eigenvalue weighted by Crippen LogP contribution is -2.43. The zero-order valence-electron chi connectivity index (χ0n) is 16.0. The van der Waals surface area contributed by atoms with Gasteiger partial charge < -0.3 is 14.2 Å². The normalized spacial score (nSPS) is 15.4. The van der Waals surface area contributed by atoms with E-state index in [4.69, 9.17) is 9.26 Å². The van der Waals surface area contributed by atoms with Gasteiger partial charge in [-0.05, 0) is 26.8 Å². The van der Waals surface area contributed by atoms with E-state index >= 15 is 0 Å². The van der Waals surface area contributed by atoms with Crippen LogP contribution in [-0.2, 0) is 18.3 Å². The van der Waals surface area contributed by atoms with Gasteiger partial charge in [-0.15, -0.1) is 0 Å². The topological polar surface area (TPSA) is 76.6 Å². The lowest BCUT2D eigenvalue weighted by atomic mass is 10.1. The Morgan fingerprint density at radius 2 is 2.00 bits per heavy atom. The van der Waals surface area contributed by atoms with Crippen molar-refractivity contribution >= 4 is 5.91 Å². The summed E-state index contributed by atoms with van der Waals surface area (Å²) in [4.78, 5) is 17.4. The lowest BCUT2D eigenvalue weighted by molar-refractivity contribution is 0.0319. The molecule has 1 aliphatic heterocycles. The molecule has 8 nitrogen and oxygen atoms in total. The van der Waals surface area contributed by atoms with Crippen LogP contribution in [-0.4, -0.2) is 70.0 Å². The highest BCUT2D eigenvalue weighted by Crippen LogP contribution is 2.17. The molecule has 3 rings (SSSR count). The van der Waals surface area contributed by atoms with Gasteiger partial charge in [-0.3, -0.25) is 14.4 Å². The first kappa shape index (κ1) is 18.6. The molecule has 0 aliphatic carbocycles. The Morgan fingerprint density at radius 3 is 2.58 bits per heavy atom. The van der Waals surface area contributed by atoms with Crippen molar-refractivity contribution in [1.82, 2.24) is 24.7 Å². The van der Waals surface area contributed by atoms with E-state index in [-0.39, 0.29) is 5.91 Å². The summed E-state index contributed by atoms with van der Waals surface area (Å²) in [5.74, 6) is 0.512. The molecular weight excluding hydrogens is 334 g/mol. The SMILES string of the molecule is Cc1cc(CN(CCN2CCOCC2)C(=O)c2c(C)noc2C)n(C)n1. The van der Waals surface area contributed by atoms with Crippen molar-refractivity contribution in [3.8, 4) is 0 Å². The van der Waals surface area contributed by atoms with Crippen molar-refractivity contribution in [1.29, 1.82) is 0 Å². The van der Waals surface area contributed by atoms with Gasteiger partial charge in [0.25, 0.3) is 5.91 Å². The van der Waals surface area contributed by atoms with Crippen LogP contribution in [0.1, 0.15) is 33.2 Å². The van der Waals surface area contributed by atoms with E-state index in [1.165, 1.54) is 0 Å². The molecule has 1 saturated heterocycles. The summed E-state index contributed by atoms with van der Waals surface area (Å²) in [6, 6.07) is 2.02. The van der Waals surface area contributed by atoms with E-state index < -0.39 is 0 Å². The monoisotopic (exact) mass is 361 g/mol. The van der Waals surface area contributed by atoms with Crippen LogP contribution in [0.15, 0.2) is 10.6 Å². The Morgan fingerprint density at radius 1 is 1.27 bits per heavy atom. The van der Waals surface area contributed by atoms with Crippen LogP contribution >= 0.6 is 0 Å². The maximum Gasteiger partial charge on any atom is 0.259 e. The average Bonchev–Trinajstić information content (AvgIpc) is 3.12. The van der Waals surface area contributed by atoms with Crippen molar-refractivity contribution in [2.45, 2.75) is 27.3 Å². The van der Waals surface area contributed by atoms with Gasteiger partial charge in [-0.2, -0.15) is 5.10 Å². The second-order valence-electron chi connectivity index (χ2n) is 6.78. The second-order valence-corrected chi connectivity index (χ2v) is 6.78. The Bertz CT molecular complexity index is 741. The molecule has 3 heterocycles. The minimum atomic E-state index is -0.0478. The van der Waals surface area contributed by atoms with Crippen LogP contribution in [0, 0.1) is 20.8 Å². The van der Waals surface area contributed by atoms with Gasteiger partial charge >= 0.3 is 0 Å². The Hall–Kier alpha value is -2.19. The molecule has 2 aromatic heterocycles. The fourth-order valence-electron chi connectivity index (χ4n) is 3.29. The highest BCUT2D eigenvalue weighted by molar-refractivity contribution is 5.96. The summed E-state index contributed by atoms with van der Waals surface area (Å²) < 4.78 is 12.4. The van der Waals surface area contributed by atoms with Crippen molar-refractivity contribution in [3.05, 3.63) is 34.5 Å². The van der Waals surface area contributed by atoms with Crippen LogP contribution in [0.25, 0.3) is 0 Å². The largest absolute Gasteiger partial charge is 0.379 e. The molecule has 0 atom stereocenters. The molecule has 0 saturated carbocycles. The van der Waals surface area contributed by atoms with Crippen molar-refractivity contribution in [2.75, 3.05) is 39.4 Å². The van der Waals surface area contributed by atoms with E-state index in [1.807, 2.05) is 29.6 Å². The Kier molecular flexibility index (Phi) is 5.73. The summed E-state index contributed by atoms with van der Waals surface area (Å²) in [6.45, 7) is 10.8. The molecule has 1 fully saturated rings. The van der Waals surface area contributed by atoms with E-state index in [0.717, 1.165) is 44.2 Å². The quantitative estimate of drug-likeness (QED) is 0.772. The predicted octanol–water partition coefficient (Wildman–Crippen LogP) is 1.31. The molecule has 0 N–H and O–H groups in total. The number of carbonyl (C=O) groups excluding carboxylic acids is 1. The number of nitrogens with zero attached hydrogens (tertiary/aromatic N) is 5. The molecule has 0 spiro atoms. The highest BCUT2D eigenvalue weighted by Gasteiger charge is 2.25. The van der Waals surface area contributed by atoms with Gasteiger partial charge in [0.1, 0.15) is 11.3 Å². The van der Waals surface area contributed by atoms with Crippen molar-refractivity contribution < 1.29 is 14.1 Å². The molecule has 0 radical (unpaired) electrons. The molecule has 0 aromatic carbocycles. The molecule has 0 bridgehead atoms. The van der Waals surface area contributed by atoms with Gasteiger partial charge in [0.15, 0.2) is 0 Å². The summed E-state index contributed by atoms with van der Waals surface area (Å²) >= 11 is 0. The van der Waals surface area contributed by atoms with E-state index in [1.54, 1.807) is 13.8 Å². The standard InChI is InChI=1S/C18H27N5O3/c1-13-11-16(21(4)19-13)12-23(6-5-22-7-9-25-10-8-22)18(24)17-14(2)20-26-15(17)3/h11H,5-10,12H2,1-4H3. The van der Waals surface area contributed by atoms with E-state index in [9.17, 15) is 4.79 Å². The molecule has 2 aromatic rings. The Balaban J connectivity index is 1.78. The molecule has 142 valence electrons. The maximum atomic E-state index is 13.2. The zero-order chi connectivity index (χ0) is 18.7. The van der Waals surface area contributed by atoms with Gasteiger partial charge in [-0.25, -0.2) is 0 Å². The Labute approximate surface area is 153 Å². The van der Waals surface area contributed by atoms with Crippen LogP contribution in [0.5, 0.6) is 0 Å². The minimum absolute atomic E-state index is 0.0478. The van der Waals surface area contributed by atoms with E-state index in [2.05, 4.69) is 15.2 Å². The third-order valence-electron chi connectivity index (χ3n) is 4.78. The van der Waals surface area contributed by atoms with Crippen LogP contribution < -0.4 is 0 Å². The van der Waals surface area contributed by atoms with Crippen molar-refractivity contribution in [3.63, 3.8) is 0 Å². The number of morpholine rings is 1. The van der Waals surface area contributed by atoms with Gasteiger partial charge in [-0.1, -0.05) is 5.16 Å². The third-order valence-corrected chi connectivity index (χ3v) is 4.78. The molecule has 8 heteroatoms. The number of hydrogen-bond acceptors (Lipinski definition) is 6. The fraction of sp³-hybridized carbons (Fsp3) is 0.611. The molecular formula is C18H27N5O3. The summed E-state index contributed by atoms with van der Waals surface area (Å²) in [6.07, 6.45) is 0. The van der Waals surface area contributed by atoms with Crippen LogP contribution in [0.4, 0.5) is 0 Å². The molecule has 26 heavy (non-hydrogen) atoms. The first-order chi connectivity index (χ1) is 12.5. The fourth-order valence-corrected chi connectivity index (χ4v) is 3.29. The van der Waals surface area contributed by atoms with Crippen LogP contribution in [0.2, 0.25) is 0 Å². The molecule has 0 unspecified atom stereocenters. The number of ether oxygens (including phenoxy) is 1. The van der Waals surface area contributed by atoms with Crippen LogP contribution in [0.3, 0.4) is 0 Å². The van der Waals surface area contributed by atoms with E-state index in [0.29, 0.717) is 30.1 Å². The first-order valence-electron chi connectivity index (χ1n) is 8.97. The van der Waals surface area contributed by atoms with Gasteiger partial charge in [0.2, 0.25) is 0 Å². The lowest BCUT2D eigenvalue weighted by Gasteiger charge is -2.30. The smallest absolute Gasteiger partial charge is 0.259 e. The first-order valence-corrected chi connectivity index (χ1v) is 8.97. The summed E-state index contributed by atoms with van der Waals surface area (Å²) in [5.41, 5.74) is 3.14. The second kappa shape index (κ2) is 8.01. The summed E-state index contributed by atoms with van der Waals surface area (Å²) in [5, 5.41) is 8.32. The van der Waals surface area contributed by atoms with Gasteiger partial charge in [0, 0.05) is 33.2 Å². The molecule has 1 amide bonds.